The summed E-state index contributed by atoms with van der Waals surface area (Å²) in [6.45, 7) is 0. The van der Waals surface area contributed by atoms with Crippen LogP contribution in [0.25, 0.3) is 0 Å². The molecule has 2 aliphatic carbocycles. The highest BCUT2D eigenvalue weighted by molar-refractivity contribution is 5.87. The third kappa shape index (κ3) is 2.12. The lowest BCUT2D eigenvalue weighted by Crippen LogP contribution is -2.35. The van der Waals surface area contributed by atoms with E-state index < -0.39 is 6.10 Å². The van der Waals surface area contributed by atoms with Gasteiger partial charge in [-0.2, -0.15) is 0 Å². The number of carbonyl (C=O) groups excluding carboxylic acids is 1. The third-order valence-electron chi connectivity index (χ3n) is 2.84. The molecule has 0 radical (unpaired) electrons. The van der Waals surface area contributed by atoms with E-state index in [4.69, 9.17) is 0 Å². The summed E-state index contributed by atoms with van der Waals surface area (Å²) >= 11 is 0. The molecule has 0 spiro atoms. The first-order valence-corrected chi connectivity index (χ1v) is 5.18. The van der Waals surface area contributed by atoms with Crippen LogP contribution in [-0.4, -0.2) is 17.0 Å². The van der Waals surface area contributed by atoms with E-state index in [0.29, 0.717) is 0 Å². The number of allylic oxidation sites excluding steroid dienone is 2. The summed E-state index contributed by atoms with van der Waals surface area (Å²) in [6, 6.07) is 0. The van der Waals surface area contributed by atoms with Crippen molar-refractivity contribution in [3.8, 4) is 23.7 Å². The van der Waals surface area contributed by atoms with Gasteiger partial charge in [-0.05, 0) is 25.0 Å². The van der Waals surface area contributed by atoms with Gasteiger partial charge in [0.15, 0.2) is 5.78 Å². The Labute approximate surface area is 89.4 Å². The lowest BCUT2D eigenvalue weighted by atomic mass is 9.77. The second-order valence-electron chi connectivity index (χ2n) is 3.85. The normalized spacial score (nSPS) is 33.4. The van der Waals surface area contributed by atoms with Crippen molar-refractivity contribution >= 4 is 5.78 Å². The van der Waals surface area contributed by atoms with E-state index in [9.17, 15) is 9.90 Å². The van der Waals surface area contributed by atoms with Gasteiger partial charge in [-0.25, -0.2) is 0 Å². The molecule has 2 nitrogen and oxygen atoms in total. The maximum atomic E-state index is 11.9. The van der Waals surface area contributed by atoms with E-state index in [1.165, 1.54) is 0 Å². The van der Waals surface area contributed by atoms with Gasteiger partial charge in [-0.3, -0.25) is 4.79 Å². The van der Waals surface area contributed by atoms with E-state index >= 15 is 0 Å². The smallest absolute Gasteiger partial charge is 0.154 e. The summed E-state index contributed by atoms with van der Waals surface area (Å²) in [5.41, 5.74) is 0. The monoisotopic (exact) mass is 200 g/mol. The largest absolute Gasteiger partial charge is 0.380 e. The van der Waals surface area contributed by atoms with Crippen LogP contribution in [-0.2, 0) is 4.79 Å². The molecule has 1 fully saturated rings. The molecule has 3 unspecified atom stereocenters. The van der Waals surface area contributed by atoms with Gasteiger partial charge in [-0.1, -0.05) is 30.1 Å². The van der Waals surface area contributed by atoms with Crippen LogP contribution < -0.4 is 0 Å². The first-order chi connectivity index (χ1) is 7.29. The molecule has 1 N–H and O–H groups in total. The molecule has 2 heteroatoms. The number of hydrogen-bond acceptors (Lipinski definition) is 2. The van der Waals surface area contributed by atoms with Crippen molar-refractivity contribution in [2.24, 2.45) is 11.8 Å². The van der Waals surface area contributed by atoms with E-state index in [-0.39, 0.29) is 17.6 Å². The minimum atomic E-state index is -0.829. The fourth-order valence-electron chi connectivity index (χ4n) is 2.01. The molecule has 0 aromatic heterocycles. The summed E-state index contributed by atoms with van der Waals surface area (Å²) in [7, 11) is 0. The van der Waals surface area contributed by atoms with Crippen molar-refractivity contribution < 1.29 is 9.90 Å². The van der Waals surface area contributed by atoms with Crippen molar-refractivity contribution in [1.29, 1.82) is 0 Å². The van der Waals surface area contributed by atoms with Gasteiger partial charge in [0, 0.05) is 0 Å². The molecular formula is C13H12O2. The van der Waals surface area contributed by atoms with Gasteiger partial charge in [-0.15, -0.1) is 0 Å². The van der Waals surface area contributed by atoms with E-state index in [2.05, 4.69) is 23.7 Å². The highest BCUT2D eigenvalue weighted by Gasteiger charge is 2.34. The Balaban J connectivity index is 2.34. The predicted octanol–water partition coefficient (Wildman–Crippen LogP) is 0.909. The van der Waals surface area contributed by atoms with E-state index in [1.807, 2.05) is 0 Å². The molecule has 2 rings (SSSR count). The van der Waals surface area contributed by atoms with Gasteiger partial charge in [0.1, 0.15) is 6.10 Å². The van der Waals surface area contributed by atoms with Gasteiger partial charge < -0.3 is 5.11 Å². The number of carbonyl (C=O) groups is 1. The number of aliphatic hydroxyl groups is 1. The Morgan fingerprint density at radius 1 is 1.20 bits per heavy atom. The van der Waals surface area contributed by atoms with Crippen molar-refractivity contribution in [2.45, 2.75) is 25.4 Å². The van der Waals surface area contributed by atoms with Crippen molar-refractivity contribution in [2.75, 3.05) is 0 Å². The summed E-state index contributed by atoms with van der Waals surface area (Å²) in [5, 5.41) is 9.74. The van der Waals surface area contributed by atoms with Crippen molar-refractivity contribution in [1.82, 2.24) is 0 Å². The summed E-state index contributed by atoms with van der Waals surface area (Å²) in [5.74, 6) is 10.6. The molecule has 3 atom stereocenters. The number of Topliss-reactive ketones (excluding diaryl/α,β-unsaturated/α-hetero) is 1. The number of rotatable bonds is 0. The number of ketones is 1. The molecule has 0 saturated heterocycles. The molecule has 2 bridgehead atoms. The molecule has 1 saturated carbocycles. The van der Waals surface area contributed by atoms with Gasteiger partial charge in [0.25, 0.3) is 0 Å². The van der Waals surface area contributed by atoms with Crippen LogP contribution in [0.15, 0.2) is 12.2 Å². The van der Waals surface area contributed by atoms with Crippen LogP contribution in [0, 0.1) is 35.5 Å². The molecule has 0 amide bonds. The summed E-state index contributed by atoms with van der Waals surface area (Å²) in [6.07, 6.45) is 4.90. The van der Waals surface area contributed by atoms with Gasteiger partial charge in [0.2, 0.25) is 0 Å². The standard InChI is InChI=1S/C13H12O2/c14-12-9-4-2-1-3-6-10-7-5-8-11(12)13(10)15/h1-2,10-12,14H,5,7-8H2. The predicted molar refractivity (Wildman–Crippen MR) is 56.5 cm³/mol. The molecule has 0 aromatic rings. The van der Waals surface area contributed by atoms with Crippen LogP contribution in [0.3, 0.4) is 0 Å². The molecule has 15 heavy (non-hydrogen) atoms. The van der Waals surface area contributed by atoms with Crippen LogP contribution in [0.5, 0.6) is 0 Å². The van der Waals surface area contributed by atoms with E-state index in [1.54, 1.807) is 12.2 Å². The average molecular weight is 200 g/mol. The zero-order chi connectivity index (χ0) is 10.7. The highest BCUT2D eigenvalue weighted by Crippen LogP contribution is 2.27. The SMILES string of the molecule is O=C1C2C#CC=CC#CC(O)C1CCC2. The van der Waals surface area contributed by atoms with Crippen molar-refractivity contribution in [3.63, 3.8) is 0 Å². The number of fused-ring (bicyclic) bond motifs is 2. The minimum Gasteiger partial charge on any atom is -0.380 e. The molecule has 0 aliphatic heterocycles. The maximum Gasteiger partial charge on any atom is 0.154 e. The lowest BCUT2D eigenvalue weighted by molar-refractivity contribution is -0.129. The average Bonchev–Trinajstić information content (AvgIpc) is 2.23. The first kappa shape index (κ1) is 10.0. The molecule has 0 heterocycles. The third-order valence-corrected chi connectivity index (χ3v) is 2.84. The van der Waals surface area contributed by atoms with Crippen LogP contribution >= 0.6 is 0 Å². The lowest BCUT2D eigenvalue weighted by Gasteiger charge is -2.26. The second kappa shape index (κ2) is 4.34. The molecule has 76 valence electrons. The van der Waals surface area contributed by atoms with Crippen molar-refractivity contribution in [3.05, 3.63) is 12.2 Å². The Bertz CT molecular complexity index is 411. The Morgan fingerprint density at radius 2 is 1.93 bits per heavy atom. The fourth-order valence-corrected chi connectivity index (χ4v) is 2.01. The maximum absolute atomic E-state index is 11.9. The zero-order valence-corrected chi connectivity index (χ0v) is 8.36. The van der Waals surface area contributed by atoms with Gasteiger partial charge >= 0.3 is 0 Å². The Hall–Kier alpha value is -1.51. The first-order valence-electron chi connectivity index (χ1n) is 5.18. The topological polar surface area (TPSA) is 37.3 Å². The summed E-state index contributed by atoms with van der Waals surface area (Å²) in [4.78, 5) is 11.9. The van der Waals surface area contributed by atoms with E-state index in [0.717, 1.165) is 19.3 Å². The molecular weight excluding hydrogens is 188 g/mol. The number of aliphatic hydroxyl groups excluding tert-OH is 1. The molecule has 0 aromatic carbocycles. The zero-order valence-electron chi connectivity index (χ0n) is 8.36. The fraction of sp³-hybridized carbons (Fsp3) is 0.462. The van der Waals surface area contributed by atoms with Crippen LogP contribution in [0.4, 0.5) is 0 Å². The van der Waals surface area contributed by atoms with Crippen LogP contribution in [0.2, 0.25) is 0 Å². The summed E-state index contributed by atoms with van der Waals surface area (Å²) < 4.78 is 0. The number of hydrogen-bond donors (Lipinski definition) is 1. The van der Waals surface area contributed by atoms with Gasteiger partial charge in [0.05, 0.1) is 11.8 Å². The Morgan fingerprint density at radius 3 is 2.73 bits per heavy atom. The Kier molecular flexibility index (Phi) is 2.90. The highest BCUT2D eigenvalue weighted by atomic mass is 16.3. The second-order valence-corrected chi connectivity index (χ2v) is 3.85. The minimum absolute atomic E-state index is 0.0610. The van der Waals surface area contributed by atoms with Crippen LogP contribution in [0.1, 0.15) is 19.3 Å². The molecule has 2 aliphatic rings. The quantitative estimate of drug-likeness (QED) is 0.590.